The molecule has 0 saturated heterocycles. The average Bonchev–Trinajstić information content (AvgIpc) is 2.47. The molecule has 0 aliphatic carbocycles. The first-order valence-corrected chi connectivity index (χ1v) is 6.73. The third-order valence-corrected chi connectivity index (χ3v) is 2.90. The molecule has 1 aromatic carbocycles. The van der Waals surface area contributed by atoms with E-state index in [2.05, 4.69) is 15.6 Å². The van der Waals surface area contributed by atoms with Crippen molar-refractivity contribution in [3.8, 4) is 6.07 Å². The van der Waals surface area contributed by atoms with E-state index in [0.717, 1.165) is 0 Å². The Kier molecular flexibility index (Phi) is 4.75. The summed E-state index contributed by atoms with van der Waals surface area (Å²) in [5, 5.41) is 14.9. The Labute approximate surface area is 127 Å². The molecule has 6 heteroatoms. The van der Waals surface area contributed by atoms with Crippen LogP contribution < -0.4 is 10.6 Å². The van der Waals surface area contributed by atoms with Crippen LogP contribution in [0.3, 0.4) is 0 Å². The highest BCUT2D eigenvalue weighted by Gasteiger charge is 2.11. The Morgan fingerprint density at radius 1 is 1.38 bits per heavy atom. The van der Waals surface area contributed by atoms with Gasteiger partial charge in [-0.2, -0.15) is 5.26 Å². The highest BCUT2D eigenvalue weighted by Crippen LogP contribution is 2.18. The number of nitrogens with one attached hydrogen (secondary N) is 2. The van der Waals surface area contributed by atoms with Crippen molar-refractivity contribution in [3.05, 3.63) is 52.7 Å². The van der Waals surface area contributed by atoms with Gasteiger partial charge in [-0.05, 0) is 31.2 Å². The molecule has 0 saturated carbocycles. The summed E-state index contributed by atoms with van der Waals surface area (Å²) in [4.78, 5) is 16.3. The zero-order valence-corrected chi connectivity index (χ0v) is 12.1. The van der Waals surface area contributed by atoms with E-state index in [9.17, 15) is 4.79 Å². The lowest BCUT2D eigenvalue weighted by molar-refractivity contribution is 0.102. The van der Waals surface area contributed by atoms with Crippen molar-refractivity contribution in [2.24, 2.45) is 0 Å². The summed E-state index contributed by atoms with van der Waals surface area (Å²) < 4.78 is 0. The van der Waals surface area contributed by atoms with Gasteiger partial charge in [-0.1, -0.05) is 23.7 Å². The molecule has 0 spiro atoms. The van der Waals surface area contributed by atoms with Crippen LogP contribution in [0.2, 0.25) is 5.15 Å². The minimum Gasteiger partial charge on any atom is -0.370 e. The Morgan fingerprint density at radius 3 is 2.86 bits per heavy atom. The number of aromatic nitrogens is 1. The van der Waals surface area contributed by atoms with Gasteiger partial charge in [-0.15, -0.1) is 0 Å². The first-order chi connectivity index (χ1) is 10.1. The number of benzene rings is 1. The van der Waals surface area contributed by atoms with E-state index < -0.39 is 0 Å². The minimum atomic E-state index is -0.346. The summed E-state index contributed by atoms with van der Waals surface area (Å²) in [6.07, 6.45) is 0. The fraction of sp³-hybridized carbons (Fsp3) is 0.133. The maximum atomic E-state index is 12.3. The van der Waals surface area contributed by atoms with Crippen molar-refractivity contribution >= 4 is 29.0 Å². The number of anilines is 2. The van der Waals surface area contributed by atoms with Crippen molar-refractivity contribution in [2.75, 3.05) is 17.2 Å². The van der Waals surface area contributed by atoms with Crippen LogP contribution in [-0.4, -0.2) is 17.4 Å². The summed E-state index contributed by atoms with van der Waals surface area (Å²) in [5.41, 5.74) is 1.24. The van der Waals surface area contributed by atoms with Crippen LogP contribution in [0, 0.1) is 11.3 Å². The van der Waals surface area contributed by atoms with Crippen LogP contribution in [0.4, 0.5) is 11.5 Å². The van der Waals surface area contributed by atoms with Gasteiger partial charge < -0.3 is 10.6 Å². The van der Waals surface area contributed by atoms with Crippen LogP contribution >= 0.6 is 11.6 Å². The van der Waals surface area contributed by atoms with Gasteiger partial charge in [0.15, 0.2) is 0 Å². The van der Waals surface area contributed by atoms with Crippen molar-refractivity contribution in [1.82, 2.24) is 4.98 Å². The number of carbonyl (C=O) groups excluding carboxylic acids is 1. The fourth-order valence-corrected chi connectivity index (χ4v) is 1.99. The second kappa shape index (κ2) is 6.73. The quantitative estimate of drug-likeness (QED) is 0.849. The molecule has 0 aliphatic heterocycles. The monoisotopic (exact) mass is 300 g/mol. The maximum Gasteiger partial charge on any atom is 0.255 e. The molecule has 0 aliphatic rings. The van der Waals surface area contributed by atoms with Gasteiger partial charge in [-0.3, -0.25) is 4.79 Å². The van der Waals surface area contributed by atoms with Crippen LogP contribution in [0.15, 0.2) is 36.4 Å². The van der Waals surface area contributed by atoms with Crippen LogP contribution in [0.5, 0.6) is 0 Å². The SMILES string of the molecule is CCNc1cc(C(=O)Nc2ccccc2C#N)cc(Cl)n1. The molecular formula is C15H13ClN4O. The molecule has 0 unspecified atom stereocenters. The van der Waals surface area contributed by atoms with Crippen molar-refractivity contribution in [2.45, 2.75) is 6.92 Å². The lowest BCUT2D eigenvalue weighted by atomic mass is 10.1. The average molecular weight is 301 g/mol. The van der Waals surface area contributed by atoms with Crippen molar-refractivity contribution in [1.29, 1.82) is 5.26 Å². The van der Waals surface area contributed by atoms with Crippen molar-refractivity contribution < 1.29 is 4.79 Å². The molecular weight excluding hydrogens is 288 g/mol. The zero-order chi connectivity index (χ0) is 15.2. The van der Waals surface area contributed by atoms with Gasteiger partial charge in [-0.25, -0.2) is 4.98 Å². The van der Waals surface area contributed by atoms with E-state index in [1.807, 2.05) is 13.0 Å². The fourth-order valence-electron chi connectivity index (χ4n) is 1.78. The van der Waals surface area contributed by atoms with Gasteiger partial charge >= 0.3 is 0 Å². The molecule has 1 heterocycles. The Hall–Kier alpha value is -2.58. The molecule has 2 rings (SSSR count). The molecule has 5 nitrogen and oxygen atoms in total. The van der Waals surface area contributed by atoms with E-state index >= 15 is 0 Å². The molecule has 2 aromatic rings. The third kappa shape index (κ3) is 3.71. The first-order valence-electron chi connectivity index (χ1n) is 6.36. The van der Waals surface area contributed by atoms with E-state index in [4.69, 9.17) is 16.9 Å². The smallest absolute Gasteiger partial charge is 0.255 e. The molecule has 1 aromatic heterocycles. The molecule has 0 atom stereocenters. The Balaban J connectivity index is 2.26. The highest BCUT2D eigenvalue weighted by atomic mass is 35.5. The number of pyridine rings is 1. The second-order valence-electron chi connectivity index (χ2n) is 4.21. The van der Waals surface area contributed by atoms with E-state index in [0.29, 0.717) is 29.2 Å². The summed E-state index contributed by atoms with van der Waals surface area (Å²) >= 11 is 5.91. The first kappa shape index (κ1) is 14.8. The number of hydrogen-bond acceptors (Lipinski definition) is 4. The minimum absolute atomic E-state index is 0.229. The second-order valence-corrected chi connectivity index (χ2v) is 4.59. The normalized spacial score (nSPS) is 9.76. The number of carbonyl (C=O) groups is 1. The van der Waals surface area contributed by atoms with Crippen molar-refractivity contribution in [3.63, 3.8) is 0 Å². The molecule has 0 bridgehead atoms. The molecule has 0 radical (unpaired) electrons. The predicted molar refractivity (Wildman–Crippen MR) is 82.5 cm³/mol. The molecule has 106 valence electrons. The largest absolute Gasteiger partial charge is 0.370 e. The maximum absolute atomic E-state index is 12.3. The number of hydrogen-bond donors (Lipinski definition) is 2. The molecule has 21 heavy (non-hydrogen) atoms. The number of amides is 1. The number of nitriles is 1. The lowest BCUT2D eigenvalue weighted by Gasteiger charge is -2.09. The van der Waals surface area contributed by atoms with Crippen LogP contribution in [0.1, 0.15) is 22.8 Å². The highest BCUT2D eigenvalue weighted by molar-refractivity contribution is 6.30. The topological polar surface area (TPSA) is 77.8 Å². The van der Waals surface area contributed by atoms with Gasteiger partial charge in [0.2, 0.25) is 0 Å². The predicted octanol–water partition coefficient (Wildman–Crippen LogP) is 3.29. The molecule has 1 amide bonds. The Bertz CT molecular complexity index is 709. The molecule has 2 N–H and O–H groups in total. The van der Waals surface area contributed by atoms with E-state index in [1.165, 1.54) is 6.07 Å². The summed E-state index contributed by atoms with van der Waals surface area (Å²) in [6, 6.07) is 11.9. The summed E-state index contributed by atoms with van der Waals surface area (Å²) in [5.74, 6) is 0.185. The van der Waals surface area contributed by atoms with E-state index in [1.54, 1.807) is 30.3 Å². The van der Waals surface area contributed by atoms with Gasteiger partial charge in [0.1, 0.15) is 17.0 Å². The van der Waals surface area contributed by atoms with Crippen LogP contribution in [0.25, 0.3) is 0 Å². The number of para-hydroxylation sites is 1. The van der Waals surface area contributed by atoms with Gasteiger partial charge in [0, 0.05) is 12.1 Å². The standard InChI is InChI=1S/C15H13ClN4O/c1-2-18-14-8-11(7-13(16)20-14)15(21)19-12-6-4-3-5-10(12)9-17/h3-8H,2H2,1H3,(H,18,20)(H,19,21). The lowest BCUT2D eigenvalue weighted by Crippen LogP contribution is -2.14. The third-order valence-electron chi connectivity index (χ3n) is 2.71. The van der Waals surface area contributed by atoms with Gasteiger partial charge in [0.25, 0.3) is 5.91 Å². The Morgan fingerprint density at radius 2 is 2.14 bits per heavy atom. The zero-order valence-electron chi connectivity index (χ0n) is 11.4. The molecule has 0 fully saturated rings. The van der Waals surface area contributed by atoms with E-state index in [-0.39, 0.29) is 11.1 Å². The number of halogens is 1. The van der Waals surface area contributed by atoms with Crippen LogP contribution in [-0.2, 0) is 0 Å². The van der Waals surface area contributed by atoms with Gasteiger partial charge in [0.05, 0.1) is 11.3 Å². The summed E-state index contributed by atoms with van der Waals surface area (Å²) in [6.45, 7) is 2.59. The number of nitrogens with zero attached hydrogens (tertiary/aromatic N) is 2. The summed E-state index contributed by atoms with van der Waals surface area (Å²) in [7, 11) is 0. The number of rotatable bonds is 4.